The van der Waals surface area contributed by atoms with Crippen molar-refractivity contribution in [2.75, 3.05) is 6.61 Å². The molecule has 1 aliphatic rings. The van der Waals surface area contributed by atoms with Crippen molar-refractivity contribution >= 4 is 21.4 Å². The second-order valence-corrected chi connectivity index (χ2v) is 7.34. The number of aliphatic hydroxyl groups excluding tert-OH is 3. The van der Waals surface area contributed by atoms with Crippen LogP contribution in [0.3, 0.4) is 0 Å². The van der Waals surface area contributed by atoms with Gasteiger partial charge in [-0.25, -0.2) is 8.98 Å². The van der Waals surface area contributed by atoms with E-state index in [9.17, 15) is 28.5 Å². The van der Waals surface area contributed by atoms with Crippen LogP contribution in [0.4, 0.5) is 0 Å². The van der Waals surface area contributed by atoms with Crippen molar-refractivity contribution in [3.05, 3.63) is 40.2 Å². The summed E-state index contributed by atoms with van der Waals surface area (Å²) in [6, 6.07) is 5.82. The van der Waals surface area contributed by atoms with Crippen LogP contribution in [-0.2, 0) is 19.3 Å². The molecule has 5 atom stereocenters. The molecule has 0 aliphatic carbocycles. The summed E-state index contributed by atoms with van der Waals surface area (Å²) >= 11 is 0. The highest BCUT2D eigenvalue weighted by Crippen LogP contribution is 2.27. The van der Waals surface area contributed by atoms with E-state index in [0.29, 0.717) is 10.9 Å². The first-order valence-electron chi connectivity index (χ1n) is 8.08. The minimum atomic E-state index is -4.80. The van der Waals surface area contributed by atoms with E-state index >= 15 is 0 Å². The number of hydrogen-bond donors (Lipinski definition) is 4. The van der Waals surface area contributed by atoms with Crippen LogP contribution >= 0.6 is 0 Å². The molecule has 0 radical (unpaired) electrons. The molecule has 1 aliphatic heterocycles. The Morgan fingerprint density at radius 2 is 1.82 bits per heavy atom. The zero-order chi connectivity index (χ0) is 20.6. The number of ether oxygens (including phenoxy) is 2. The average molecular weight is 418 g/mol. The Bertz CT molecular complexity index is 1010. The third-order valence-electron chi connectivity index (χ3n) is 4.22. The van der Waals surface area contributed by atoms with Gasteiger partial charge in [0.1, 0.15) is 35.7 Å². The van der Waals surface area contributed by atoms with E-state index in [1.807, 2.05) is 0 Å². The predicted octanol–water partition coefficient (Wildman–Crippen LogP) is -0.893. The van der Waals surface area contributed by atoms with Gasteiger partial charge in [-0.2, -0.15) is 8.42 Å². The zero-order valence-electron chi connectivity index (χ0n) is 14.5. The van der Waals surface area contributed by atoms with Crippen molar-refractivity contribution in [2.45, 2.75) is 37.6 Å². The smallest absolute Gasteiger partial charge is 0.397 e. The summed E-state index contributed by atoms with van der Waals surface area (Å²) in [5.74, 6) is 0.114. The van der Waals surface area contributed by atoms with Crippen LogP contribution in [0, 0.1) is 6.92 Å². The zero-order valence-corrected chi connectivity index (χ0v) is 15.3. The van der Waals surface area contributed by atoms with Crippen molar-refractivity contribution in [1.82, 2.24) is 0 Å². The number of aryl methyl sites for hydroxylation is 1. The summed E-state index contributed by atoms with van der Waals surface area (Å²) in [6.07, 6.45) is -8.06. The van der Waals surface area contributed by atoms with Gasteiger partial charge in [0.2, 0.25) is 6.29 Å². The minimum Gasteiger partial charge on any atom is -0.462 e. The van der Waals surface area contributed by atoms with Gasteiger partial charge in [0, 0.05) is 17.5 Å². The van der Waals surface area contributed by atoms with Crippen molar-refractivity contribution in [3.8, 4) is 5.75 Å². The highest BCUT2D eigenvalue weighted by Gasteiger charge is 2.45. The predicted molar refractivity (Wildman–Crippen MR) is 92.0 cm³/mol. The monoisotopic (exact) mass is 418 g/mol. The van der Waals surface area contributed by atoms with E-state index in [2.05, 4.69) is 4.18 Å². The summed E-state index contributed by atoms with van der Waals surface area (Å²) in [6.45, 7) is 0.904. The maximum Gasteiger partial charge on any atom is 0.397 e. The fourth-order valence-electron chi connectivity index (χ4n) is 2.82. The number of rotatable bonds is 5. The Hall–Kier alpha value is -2.06. The Morgan fingerprint density at radius 3 is 2.50 bits per heavy atom. The van der Waals surface area contributed by atoms with Gasteiger partial charge in [0.05, 0.1) is 6.61 Å². The number of benzene rings is 1. The van der Waals surface area contributed by atoms with E-state index < -0.39 is 53.3 Å². The third-order valence-corrected chi connectivity index (χ3v) is 4.66. The van der Waals surface area contributed by atoms with E-state index in [1.54, 1.807) is 13.0 Å². The number of fused-ring (bicyclic) bond motifs is 1. The summed E-state index contributed by atoms with van der Waals surface area (Å²) in [5, 5.41) is 30.6. The van der Waals surface area contributed by atoms with Crippen LogP contribution in [0.2, 0.25) is 0 Å². The van der Waals surface area contributed by atoms with Gasteiger partial charge in [-0.15, -0.1) is 0 Å². The molecule has 1 aromatic heterocycles. The molecule has 0 amide bonds. The van der Waals surface area contributed by atoms with Gasteiger partial charge in [0.15, 0.2) is 0 Å². The van der Waals surface area contributed by atoms with Crippen LogP contribution in [0.5, 0.6) is 5.75 Å². The van der Waals surface area contributed by atoms with E-state index in [4.69, 9.17) is 18.4 Å². The molecule has 11 nitrogen and oxygen atoms in total. The minimum absolute atomic E-state index is 0.114. The molecule has 0 spiro atoms. The molecule has 1 fully saturated rings. The maximum atomic E-state index is 11.5. The fraction of sp³-hybridized carbons (Fsp3) is 0.438. The van der Waals surface area contributed by atoms with Gasteiger partial charge in [-0.1, -0.05) is 0 Å². The molecule has 0 unspecified atom stereocenters. The Morgan fingerprint density at radius 1 is 1.11 bits per heavy atom. The first-order valence-corrected chi connectivity index (χ1v) is 9.44. The van der Waals surface area contributed by atoms with Gasteiger partial charge in [0.25, 0.3) is 0 Å². The third kappa shape index (κ3) is 4.50. The number of aliphatic hydroxyl groups is 3. The standard InChI is InChI=1S/C16H18O11S/c1-7-4-12(17)26-10-5-8(2-3-9(7)10)25-16-15(20)14(19)13(18)11(27-16)6-24-28(21,22)23/h2-5,11,13-16,18-20H,6H2,1H3,(H,21,22,23)/t11-,13+,14+,15-,16+/m0/s1. The van der Waals surface area contributed by atoms with E-state index in [-0.39, 0.29) is 11.3 Å². The number of hydrogen-bond acceptors (Lipinski definition) is 10. The van der Waals surface area contributed by atoms with Crippen molar-refractivity contribution < 1.29 is 46.4 Å². The summed E-state index contributed by atoms with van der Waals surface area (Å²) in [5.41, 5.74) is 0.351. The van der Waals surface area contributed by atoms with Gasteiger partial charge in [-0.3, -0.25) is 4.55 Å². The molecule has 1 aromatic carbocycles. The van der Waals surface area contributed by atoms with Crippen molar-refractivity contribution in [3.63, 3.8) is 0 Å². The highest BCUT2D eigenvalue weighted by atomic mass is 32.3. The molecule has 12 heteroatoms. The topological polar surface area (TPSA) is 173 Å². The van der Waals surface area contributed by atoms with Crippen LogP contribution in [-0.4, -0.2) is 65.6 Å². The highest BCUT2D eigenvalue weighted by molar-refractivity contribution is 7.80. The maximum absolute atomic E-state index is 11.5. The lowest BCUT2D eigenvalue weighted by atomic mass is 9.99. The molecule has 28 heavy (non-hydrogen) atoms. The van der Waals surface area contributed by atoms with Gasteiger partial charge < -0.3 is 29.2 Å². The van der Waals surface area contributed by atoms with E-state index in [1.165, 1.54) is 18.2 Å². The molecular formula is C16H18O11S. The summed E-state index contributed by atoms with van der Waals surface area (Å²) in [4.78, 5) is 11.5. The quantitative estimate of drug-likeness (QED) is 0.350. The van der Waals surface area contributed by atoms with Gasteiger partial charge >= 0.3 is 16.0 Å². The molecular weight excluding hydrogens is 400 g/mol. The second kappa shape index (κ2) is 7.75. The van der Waals surface area contributed by atoms with Crippen LogP contribution in [0.15, 0.2) is 33.5 Å². The first-order chi connectivity index (χ1) is 13.0. The Kier molecular flexibility index (Phi) is 5.72. The molecule has 4 N–H and O–H groups in total. The lowest BCUT2D eigenvalue weighted by molar-refractivity contribution is -0.276. The molecule has 154 valence electrons. The van der Waals surface area contributed by atoms with Crippen LogP contribution in [0.25, 0.3) is 11.0 Å². The lowest BCUT2D eigenvalue weighted by Gasteiger charge is -2.39. The summed E-state index contributed by atoms with van der Waals surface area (Å²) < 4.78 is 50.0. The Labute approximate surface area is 158 Å². The molecule has 1 saturated heterocycles. The molecule has 2 aromatic rings. The van der Waals surface area contributed by atoms with Gasteiger partial charge in [-0.05, 0) is 24.6 Å². The largest absolute Gasteiger partial charge is 0.462 e. The fourth-order valence-corrected chi connectivity index (χ4v) is 3.12. The SMILES string of the molecule is Cc1cc(=O)oc2cc(O[C@@H]3O[C@@H](COS(=O)(=O)O)[C@@H](O)[C@@H](O)[C@@H]3O)ccc12. The first kappa shape index (κ1) is 20.7. The van der Waals surface area contributed by atoms with E-state index in [0.717, 1.165) is 0 Å². The van der Waals surface area contributed by atoms with Crippen molar-refractivity contribution in [2.24, 2.45) is 0 Å². The molecule has 0 saturated carbocycles. The summed E-state index contributed by atoms with van der Waals surface area (Å²) in [7, 11) is -4.80. The molecule has 3 rings (SSSR count). The molecule has 0 bridgehead atoms. The van der Waals surface area contributed by atoms with Crippen LogP contribution in [0.1, 0.15) is 5.56 Å². The average Bonchev–Trinajstić information content (AvgIpc) is 2.60. The lowest BCUT2D eigenvalue weighted by Crippen LogP contribution is -2.60. The normalized spacial score (nSPS) is 28.4. The molecule has 2 heterocycles. The van der Waals surface area contributed by atoms with Crippen LogP contribution < -0.4 is 10.4 Å². The second-order valence-electron chi connectivity index (χ2n) is 6.25. The van der Waals surface area contributed by atoms with Crippen molar-refractivity contribution in [1.29, 1.82) is 0 Å². The Balaban J connectivity index is 1.81.